The van der Waals surface area contributed by atoms with Crippen molar-refractivity contribution in [1.82, 2.24) is 20.0 Å². The van der Waals surface area contributed by atoms with Gasteiger partial charge in [0.2, 0.25) is 5.91 Å². The number of urea groups is 1. The standard InChI is InChI=1S/C23H28Cl2N4O4/c1-4-8-29-19(14-27-9-11-28(12-10-27)15(3)30)20(22(31)33-5-2)21(26-23(29)32)17-7-6-16(24)13-18(17)25/h4,6-7,13,21H,1,5,8-12,14H2,2-3H3,(H,26,32)/t21-/m1/s1. The van der Waals surface area contributed by atoms with E-state index in [0.717, 1.165) is 0 Å². The Morgan fingerprint density at radius 2 is 1.94 bits per heavy atom. The van der Waals surface area contributed by atoms with Gasteiger partial charge in [0.25, 0.3) is 0 Å². The van der Waals surface area contributed by atoms with E-state index in [2.05, 4.69) is 16.8 Å². The molecule has 0 aliphatic carbocycles. The Labute approximate surface area is 203 Å². The summed E-state index contributed by atoms with van der Waals surface area (Å²) in [4.78, 5) is 43.4. The van der Waals surface area contributed by atoms with Crippen LogP contribution in [0, 0.1) is 0 Å². The van der Waals surface area contributed by atoms with Crippen molar-refractivity contribution in [3.63, 3.8) is 0 Å². The number of amides is 3. The average molecular weight is 495 g/mol. The first-order chi connectivity index (χ1) is 15.8. The van der Waals surface area contributed by atoms with Crippen molar-refractivity contribution < 1.29 is 19.1 Å². The molecular formula is C23H28Cl2N4O4. The number of hydrogen-bond acceptors (Lipinski definition) is 5. The second-order valence-electron chi connectivity index (χ2n) is 7.81. The largest absolute Gasteiger partial charge is 0.463 e. The maximum absolute atomic E-state index is 13.2. The number of rotatable bonds is 7. The van der Waals surface area contributed by atoms with Crippen LogP contribution in [0.3, 0.4) is 0 Å². The van der Waals surface area contributed by atoms with Crippen molar-refractivity contribution >= 4 is 41.1 Å². The lowest BCUT2D eigenvalue weighted by atomic mass is 9.94. The number of nitrogens with one attached hydrogen (secondary N) is 1. The van der Waals surface area contributed by atoms with Gasteiger partial charge in [0.05, 0.1) is 18.2 Å². The zero-order valence-electron chi connectivity index (χ0n) is 18.8. The number of esters is 1. The number of piperazine rings is 1. The van der Waals surface area contributed by atoms with E-state index < -0.39 is 12.0 Å². The topological polar surface area (TPSA) is 82.2 Å². The maximum atomic E-state index is 13.2. The lowest BCUT2D eigenvalue weighted by Crippen LogP contribution is -2.53. The van der Waals surface area contributed by atoms with E-state index in [0.29, 0.717) is 59.6 Å². The molecule has 1 aromatic rings. The quantitative estimate of drug-likeness (QED) is 0.464. The highest BCUT2D eigenvalue weighted by atomic mass is 35.5. The van der Waals surface area contributed by atoms with Crippen molar-refractivity contribution in [3.05, 3.63) is 57.7 Å². The van der Waals surface area contributed by atoms with Crippen LogP contribution in [0.25, 0.3) is 0 Å². The molecule has 2 aliphatic rings. The molecule has 10 heteroatoms. The molecule has 3 amide bonds. The number of hydrogen-bond donors (Lipinski definition) is 1. The van der Waals surface area contributed by atoms with Crippen LogP contribution in [-0.2, 0) is 14.3 Å². The predicted octanol–water partition coefficient (Wildman–Crippen LogP) is 3.23. The summed E-state index contributed by atoms with van der Waals surface area (Å²) in [6.45, 7) is 10.2. The summed E-state index contributed by atoms with van der Waals surface area (Å²) in [5, 5.41) is 3.67. The molecule has 3 rings (SSSR count). The van der Waals surface area contributed by atoms with Gasteiger partial charge in [0.15, 0.2) is 0 Å². The Bertz CT molecular complexity index is 973. The van der Waals surface area contributed by atoms with Gasteiger partial charge >= 0.3 is 12.0 Å². The molecule has 0 radical (unpaired) electrons. The molecule has 2 heterocycles. The van der Waals surface area contributed by atoms with Crippen LogP contribution in [-0.4, -0.2) is 78.5 Å². The summed E-state index contributed by atoms with van der Waals surface area (Å²) in [6.07, 6.45) is 1.60. The third kappa shape index (κ3) is 5.69. The van der Waals surface area contributed by atoms with Crippen LogP contribution in [0.1, 0.15) is 25.5 Å². The van der Waals surface area contributed by atoms with Gasteiger partial charge in [0, 0.05) is 61.9 Å². The second kappa shape index (κ2) is 11.0. The van der Waals surface area contributed by atoms with Crippen molar-refractivity contribution in [2.75, 3.05) is 45.9 Å². The Balaban J connectivity index is 2.06. The molecule has 1 aromatic carbocycles. The highest BCUT2D eigenvalue weighted by molar-refractivity contribution is 6.35. The molecule has 1 N–H and O–H groups in total. The Morgan fingerprint density at radius 1 is 1.24 bits per heavy atom. The minimum absolute atomic E-state index is 0.0313. The second-order valence-corrected chi connectivity index (χ2v) is 8.65. The molecule has 2 aliphatic heterocycles. The average Bonchev–Trinajstić information content (AvgIpc) is 2.76. The highest BCUT2D eigenvalue weighted by Crippen LogP contribution is 2.36. The van der Waals surface area contributed by atoms with E-state index in [1.165, 1.54) is 4.90 Å². The molecule has 0 spiro atoms. The molecule has 1 atom stereocenters. The van der Waals surface area contributed by atoms with E-state index in [1.807, 2.05) is 0 Å². The normalized spacial score (nSPS) is 19.4. The Hall–Kier alpha value is -2.55. The van der Waals surface area contributed by atoms with E-state index in [9.17, 15) is 14.4 Å². The SMILES string of the molecule is C=CCN1C(=O)N[C@H](c2ccc(Cl)cc2Cl)C(C(=O)OCC)=C1CN1CCN(C(C)=O)CC1. The van der Waals surface area contributed by atoms with E-state index >= 15 is 0 Å². The van der Waals surface area contributed by atoms with Gasteiger partial charge in [-0.3, -0.25) is 14.6 Å². The monoisotopic (exact) mass is 494 g/mol. The van der Waals surface area contributed by atoms with Crippen molar-refractivity contribution in [3.8, 4) is 0 Å². The number of carbonyl (C=O) groups is 3. The van der Waals surface area contributed by atoms with Crippen LogP contribution >= 0.6 is 23.2 Å². The molecule has 178 valence electrons. The molecule has 8 nitrogen and oxygen atoms in total. The predicted molar refractivity (Wildman–Crippen MR) is 127 cm³/mol. The third-order valence-corrected chi connectivity index (χ3v) is 6.27. The molecule has 0 bridgehead atoms. The summed E-state index contributed by atoms with van der Waals surface area (Å²) in [5.74, 6) is -0.496. The van der Waals surface area contributed by atoms with Gasteiger partial charge in [-0.2, -0.15) is 0 Å². The first-order valence-corrected chi connectivity index (χ1v) is 11.5. The third-order valence-electron chi connectivity index (χ3n) is 5.71. The fraction of sp³-hybridized carbons (Fsp3) is 0.435. The summed E-state index contributed by atoms with van der Waals surface area (Å²) < 4.78 is 5.39. The van der Waals surface area contributed by atoms with E-state index in [-0.39, 0.29) is 25.1 Å². The first kappa shape index (κ1) is 25.1. The number of carbonyl (C=O) groups excluding carboxylic acids is 3. The van der Waals surface area contributed by atoms with Gasteiger partial charge in [0.1, 0.15) is 0 Å². The smallest absolute Gasteiger partial charge is 0.338 e. The maximum Gasteiger partial charge on any atom is 0.338 e. The summed E-state index contributed by atoms with van der Waals surface area (Å²) in [7, 11) is 0. The minimum Gasteiger partial charge on any atom is -0.463 e. The zero-order chi connectivity index (χ0) is 24.1. The number of nitrogens with zero attached hydrogens (tertiary/aromatic N) is 3. The fourth-order valence-electron chi connectivity index (χ4n) is 4.05. The first-order valence-electron chi connectivity index (χ1n) is 10.8. The Kier molecular flexibility index (Phi) is 8.40. The Morgan fingerprint density at radius 3 is 2.52 bits per heavy atom. The number of benzene rings is 1. The molecular weight excluding hydrogens is 467 g/mol. The van der Waals surface area contributed by atoms with Crippen LogP contribution in [0.2, 0.25) is 10.0 Å². The zero-order valence-corrected chi connectivity index (χ0v) is 20.3. The summed E-state index contributed by atoms with van der Waals surface area (Å²) in [6, 6.07) is 3.77. The lowest BCUT2D eigenvalue weighted by Gasteiger charge is -2.40. The number of ether oxygens (including phenoxy) is 1. The lowest BCUT2D eigenvalue weighted by molar-refractivity contribution is -0.139. The van der Waals surface area contributed by atoms with Gasteiger partial charge in [-0.1, -0.05) is 35.3 Å². The molecule has 0 aromatic heterocycles. The van der Waals surface area contributed by atoms with Crippen molar-refractivity contribution in [1.29, 1.82) is 0 Å². The minimum atomic E-state index is -0.795. The van der Waals surface area contributed by atoms with Crippen molar-refractivity contribution in [2.24, 2.45) is 0 Å². The van der Waals surface area contributed by atoms with Crippen molar-refractivity contribution in [2.45, 2.75) is 19.9 Å². The van der Waals surface area contributed by atoms with Gasteiger partial charge in [-0.15, -0.1) is 6.58 Å². The highest BCUT2D eigenvalue weighted by Gasteiger charge is 2.39. The molecule has 33 heavy (non-hydrogen) atoms. The van der Waals surface area contributed by atoms with Crippen LogP contribution in [0.5, 0.6) is 0 Å². The van der Waals surface area contributed by atoms with Crippen LogP contribution in [0.15, 0.2) is 42.1 Å². The van der Waals surface area contributed by atoms with Crippen LogP contribution in [0.4, 0.5) is 4.79 Å². The molecule has 1 fully saturated rings. The summed E-state index contributed by atoms with van der Waals surface area (Å²) >= 11 is 12.5. The van der Waals surface area contributed by atoms with Crippen LogP contribution < -0.4 is 5.32 Å². The van der Waals surface area contributed by atoms with Gasteiger partial charge < -0.3 is 15.0 Å². The van der Waals surface area contributed by atoms with E-state index in [1.54, 1.807) is 43.0 Å². The van der Waals surface area contributed by atoms with Gasteiger partial charge in [-0.25, -0.2) is 9.59 Å². The number of halogens is 2. The molecule has 0 unspecified atom stereocenters. The summed E-state index contributed by atoms with van der Waals surface area (Å²) in [5.41, 5.74) is 1.40. The molecule has 1 saturated heterocycles. The molecule has 0 saturated carbocycles. The van der Waals surface area contributed by atoms with E-state index in [4.69, 9.17) is 27.9 Å². The fourth-order valence-corrected chi connectivity index (χ4v) is 4.56. The van der Waals surface area contributed by atoms with Gasteiger partial charge in [-0.05, 0) is 24.6 Å².